The number of nitrogens with zero attached hydrogens (tertiary/aromatic N) is 3. The molecule has 1 saturated heterocycles. The highest BCUT2D eigenvalue weighted by Gasteiger charge is 2.33. The number of morpholine rings is 1. The monoisotopic (exact) mass is 365 g/mol. The van der Waals surface area contributed by atoms with E-state index >= 15 is 0 Å². The maximum Gasteiger partial charge on any atom is 0.434 e. The summed E-state index contributed by atoms with van der Waals surface area (Å²) in [4.78, 5) is 10.2. The van der Waals surface area contributed by atoms with E-state index < -0.39 is 11.9 Å². The van der Waals surface area contributed by atoms with Gasteiger partial charge in [0.25, 0.3) is 0 Å². The first kappa shape index (κ1) is 18.9. The summed E-state index contributed by atoms with van der Waals surface area (Å²) in [5.74, 6) is 0.578. The van der Waals surface area contributed by atoms with Crippen molar-refractivity contribution < 1.29 is 17.9 Å². The van der Waals surface area contributed by atoms with Crippen LogP contribution in [0.4, 0.5) is 13.2 Å². The molecule has 1 fully saturated rings. The second-order valence-corrected chi connectivity index (χ2v) is 6.14. The van der Waals surface area contributed by atoms with Gasteiger partial charge in [-0.25, -0.2) is 9.98 Å². The van der Waals surface area contributed by atoms with Crippen LogP contribution in [-0.2, 0) is 17.5 Å². The van der Waals surface area contributed by atoms with Gasteiger partial charge in [-0.3, -0.25) is 4.90 Å². The minimum atomic E-state index is -4.40. The molecule has 1 aromatic rings. The van der Waals surface area contributed by atoms with Crippen LogP contribution in [0, 0.1) is 0 Å². The molecule has 0 aromatic carbocycles. The summed E-state index contributed by atoms with van der Waals surface area (Å²) in [6.45, 7) is 7.62. The lowest BCUT2D eigenvalue weighted by molar-refractivity contribution is -0.140. The van der Waals surface area contributed by atoms with Gasteiger partial charge in [0, 0.05) is 38.1 Å². The molecule has 2 heterocycles. The Kier molecular flexibility index (Phi) is 7.25. The molecule has 2 rings (SSSR count). The fourth-order valence-corrected chi connectivity index (χ4v) is 2.88. The largest absolute Gasteiger partial charge is 0.434 e. The zero-order chi connectivity index (χ0) is 17.4. The molecule has 6 nitrogen and oxygen atoms in total. The van der Waals surface area contributed by atoms with Crippen molar-refractivity contribution in [1.29, 1.82) is 0 Å². The predicted molar refractivity (Wildman–Crippen MR) is 87.2 cm³/mol. The van der Waals surface area contributed by atoms with Crippen LogP contribution in [0.3, 0.4) is 0 Å². The maximum absolute atomic E-state index is 12.5. The van der Waals surface area contributed by atoms with Crippen LogP contribution in [0.25, 0.3) is 0 Å². The van der Waals surface area contributed by atoms with Gasteiger partial charge in [-0.15, -0.1) is 11.3 Å². The van der Waals surface area contributed by atoms with Gasteiger partial charge in [0.2, 0.25) is 0 Å². The number of rotatable bonds is 6. The highest BCUT2D eigenvalue weighted by Crippen LogP contribution is 2.30. The van der Waals surface area contributed by atoms with Crippen molar-refractivity contribution in [2.24, 2.45) is 4.99 Å². The predicted octanol–water partition coefficient (Wildman–Crippen LogP) is 1.55. The second-order valence-electron chi connectivity index (χ2n) is 5.20. The van der Waals surface area contributed by atoms with E-state index in [4.69, 9.17) is 4.74 Å². The fraction of sp³-hybridized carbons (Fsp3) is 0.714. The van der Waals surface area contributed by atoms with Crippen LogP contribution < -0.4 is 10.6 Å². The molecule has 2 N–H and O–H groups in total. The minimum absolute atomic E-state index is 0.119. The minimum Gasteiger partial charge on any atom is -0.379 e. The molecule has 1 aromatic heterocycles. The first-order valence-corrected chi connectivity index (χ1v) is 8.71. The molecule has 0 bridgehead atoms. The average Bonchev–Trinajstić information content (AvgIpc) is 3.03. The van der Waals surface area contributed by atoms with Gasteiger partial charge < -0.3 is 15.4 Å². The number of halogens is 3. The third-order valence-corrected chi connectivity index (χ3v) is 4.22. The summed E-state index contributed by atoms with van der Waals surface area (Å²) in [6, 6.07) is 0. The summed E-state index contributed by atoms with van der Waals surface area (Å²) in [6.07, 6.45) is -4.40. The lowest BCUT2D eigenvalue weighted by Gasteiger charge is -2.26. The highest BCUT2D eigenvalue weighted by molar-refractivity contribution is 7.09. The third kappa shape index (κ3) is 6.25. The lowest BCUT2D eigenvalue weighted by Crippen LogP contribution is -2.44. The van der Waals surface area contributed by atoms with Gasteiger partial charge in [0.1, 0.15) is 5.01 Å². The summed E-state index contributed by atoms with van der Waals surface area (Å²) >= 11 is 0.967. The maximum atomic E-state index is 12.5. The molecule has 0 unspecified atom stereocenters. The van der Waals surface area contributed by atoms with E-state index in [0.29, 0.717) is 24.1 Å². The number of hydrogen-bond acceptors (Lipinski definition) is 5. The van der Waals surface area contributed by atoms with E-state index in [1.165, 1.54) is 0 Å². The van der Waals surface area contributed by atoms with Crippen molar-refractivity contribution >= 4 is 17.3 Å². The molecule has 0 saturated carbocycles. The SMILES string of the molecule is CCNC(=NCc1nc(C(F)(F)F)cs1)NCCN1CCOCC1. The molecular weight excluding hydrogens is 343 g/mol. The normalized spacial score (nSPS) is 17.1. The Morgan fingerprint density at radius 1 is 1.38 bits per heavy atom. The van der Waals surface area contributed by atoms with Crippen molar-refractivity contribution in [3.8, 4) is 0 Å². The number of hydrogen-bond donors (Lipinski definition) is 2. The standard InChI is InChI=1S/C14H22F3N5OS/c1-2-18-13(19-3-4-22-5-7-23-8-6-22)20-9-12-21-11(10-24-12)14(15,16)17/h10H,2-9H2,1H3,(H2,18,19,20). The Bertz CT molecular complexity index is 529. The molecular formula is C14H22F3N5OS. The summed E-state index contributed by atoms with van der Waals surface area (Å²) < 4.78 is 42.9. The van der Waals surface area contributed by atoms with Crippen molar-refractivity contribution in [2.75, 3.05) is 45.9 Å². The zero-order valence-electron chi connectivity index (χ0n) is 13.5. The summed E-state index contributed by atoms with van der Waals surface area (Å²) in [5.41, 5.74) is -0.858. The quantitative estimate of drug-likeness (QED) is 0.592. The molecule has 0 atom stereocenters. The van der Waals surface area contributed by atoms with Crippen molar-refractivity contribution in [1.82, 2.24) is 20.5 Å². The Morgan fingerprint density at radius 2 is 2.12 bits per heavy atom. The Morgan fingerprint density at radius 3 is 2.75 bits per heavy atom. The molecule has 1 aliphatic heterocycles. The average molecular weight is 365 g/mol. The Balaban J connectivity index is 1.82. The topological polar surface area (TPSA) is 61.8 Å². The lowest BCUT2D eigenvalue weighted by atomic mass is 10.4. The molecule has 10 heteroatoms. The van der Waals surface area contributed by atoms with Gasteiger partial charge in [-0.05, 0) is 6.92 Å². The second kappa shape index (κ2) is 9.19. The van der Waals surface area contributed by atoms with E-state index in [0.717, 1.165) is 49.6 Å². The molecule has 0 spiro atoms. The summed E-state index contributed by atoms with van der Waals surface area (Å²) in [5, 5.41) is 7.62. The van der Waals surface area contributed by atoms with E-state index in [1.807, 2.05) is 6.92 Å². The van der Waals surface area contributed by atoms with Gasteiger partial charge >= 0.3 is 6.18 Å². The summed E-state index contributed by atoms with van der Waals surface area (Å²) in [7, 11) is 0. The van der Waals surface area contributed by atoms with Gasteiger partial charge in [-0.2, -0.15) is 13.2 Å². The Labute approximate surface area is 143 Å². The molecule has 24 heavy (non-hydrogen) atoms. The van der Waals surface area contributed by atoms with E-state index in [1.54, 1.807) is 0 Å². The van der Waals surface area contributed by atoms with Crippen molar-refractivity contribution in [2.45, 2.75) is 19.6 Å². The Hall–Kier alpha value is -1.39. The van der Waals surface area contributed by atoms with Crippen LogP contribution >= 0.6 is 11.3 Å². The first-order chi connectivity index (χ1) is 11.5. The number of aromatic nitrogens is 1. The number of thiazole rings is 1. The molecule has 1 aliphatic rings. The van der Waals surface area contributed by atoms with Crippen LogP contribution in [0.15, 0.2) is 10.4 Å². The number of nitrogens with one attached hydrogen (secondary N) is 2. The molecule has 136 valence electrons. The number of guanidine groups is 1. The van der Waals surface area contributed by atoms with Crippen LogP contribution in [-0.4, -0.2) is 61.8 Å². The van der Waals surface area contributed by atoms with Crippen molar-refractivity contribution in [3.05, 3.63) is 16.1 Å². The van der Waals surface area contributed by atoms with Crippen LogP contribution in [0.5, 0.6) is 0 Å². The third-order valence-electron chi connectivity index (χ3n) is 3.38. The molecule has 0 radical (unpaired) electrons. The van der Waals surface area contributed by atoms with E-state index in [2.05, 4.69) is 25.5 Å². The first-order valence-electron chi connectivity index (χ1n) is 7.83. The van der Waals surface area contributed by atoms with Gasteiger partial charge in [-0.1, -0.05) is 0 Å². The highest BCUT2D eigenvalue weighted by atomic mass is 32.1. The van der Waals surface area contributed by atoms with Crippen molar-refractivity contribution in [3.63, 3.8) is 0 Å². The van der Waals surface area contributed by atoms with Crippen LogP contribution in [0.2, 0.25) is 0 Å². The smallest absolute Gasteiger partial charge is 0.379 e. The zero-order valence-corrected chi connectivity index (χ0v) is 14.3. The number of aliphatic imine (C=N–C) groups is 1. The van der Waals surface area contributed by atoms with E-state index in [-0.39, 0.29) is 6.54 Å². The number of alkyl halides is 3. The molecule has 0 amide bonds. The number of ether oxygens (including phenoxy) is 1. The van der Waals surface area contributed by atoms with E-state index in [9.17, 15) is 13.2 Å². The molecule has 0 aliphatic carbocycles. The van der Waals surface area contributed by atoms with Crippen LogP contribution in [0.1, 0.15) is 17.6 Å². The van der Waals surface area contributed by atoms with Gasteiger partial charge in [0.15, 0.2) is 11.7 Å². The van der Waals surface area contributed by atoms with Gasteiger partial charge in [0.05, 0.1) is 19.8 Å². The fourth-order valence-electron chi connectivity index (χ4n) is 2.16.